The summed E-state index contributed by atoms with van der Waals surface area (Å²) in [5.41, 5.74) is 2.80. The predicted octanol–water partition coefficient (Wildman–Crippen LogP) is 5.63. The van der Waals surface area contributed by atoms with E-state index in [0.29, 0.717) is 16.6 Å². The Balaban J connectivity index is 1.79. The number of amides is 2. The van der Waals surface area contributed by atoms with Gasteiger partial charge >= 0.3 is 0 Å². The molecule has 1 saturated heterocycles. The van der Waals surface area contributed by atoms with Crippen molar-refractivity contribution in [3.63, 3.8) is 0 Å². The van der Waals surface area contributed by atoms with Gasteiger partial charge in [0.15, 0.2) is 0 Å². The summed E-state index contributed by atoms with van der Waals surface area (Å²) in [7, 11) is 0. The van der Waals surface area contributed by atoms with Gasteiger partial charge in [-0.25, -0.2) is 0 Å². The standard InChI is InChI=1S/C26H24Cl2N2O2/c1-15-5-2-3-8-19(15)22-14-29-24(31)13-21(16-6-4-7-17(27)11-16)26(22)20-10-9-18(28)12-23(20)30-25(26)32/h2-7,9-12,19,21-22H,8,13-14H2,1H3,(H,29,31)(H,30,32)/t19?,21-,22+,26-/m0/s1. The highest BCUT2D eigenvalue weighted by atomic mass is 35.5. The number of fused-ring (bicyclic) bond motifs is 2. The molecule has 4 atom stereocenters. The van der Waals surface area contributed by atoms with Crippen molar-refractivity contribution >= 4 is 40.7 Å². The van der Waals surface area contributed by atoms with Crippen LogP contribution < -0.4 is 10.6 Å². The molecule has 2 N–H and O–H groups in total. The van der Waals surface area contributed by atoms with Crippen LogP contribution in [-0.4, -0.2) is 18.4 Å². The molecule has 1 aliphatic carbocycles. The van der Waals surface area contributed by atoms with E-state index in [2.05, 4.69) is 35.8 Å². The predicted molar refractivity (Wildman–Crippen MR) is 128 cm³/mol. The molecule has 0 saturated carbocycles. The second-order valence-electron chi connectivity index (χ2n) is 8.92. The van der Waals surface area contributed by atoms with Gasteiger partial charge in [0.05, 0.1) is 5.41 Å². The molecule has 6 heteroatoms. The summed E-state index contributed by atoms with van der Waals surface area (Å²) < 4.78 is 0. The lowest BCUT2D eigenvalue weighted by atomic mass is 9.56. The number of halogens is 2. The van der Waals surface area contributed by atoms with Crippen molar-refractivity contribution in [2.24, 2.45) is 11.8 Å². The molecule has 4 nitrogen and oxygen atoms in total. The van der Waals surface area contributed by atoms with Crippen molar-refractivity contribution in [3.8, 4) is 0 Å². The molecule has 2 amide bonds. The van der Waals surface area contributed by atoms with Crippen LogP contribution in [0.4, 0.5) is 5.69 Å². The maximum absolute atomic E-state index is 14.0. The number of benzene rings is 2. The maximum Gasteiger partial charge on any atom is 0.236 e. The Morgan fingerprint density at radius 1 is 1.06 bits per heavy atom. The number of rotatable bonds is 2. The second-order valence-corrected chi connectivity index (χ2v) is 9.79. The van der Waals surface area contributed by atoms with Gasteiger partial charge in [0.2, 0.25) is 11.8 Å². The molecule has 164 valence electrons. The van der Waals surface area contributed by atoms with Crippen LogP contribution >= 0.6 is 23.2 Å². The Kier molecular flexibility index (Phi) is 5.39. The van der Waals surface area contributed by atoms with E-state index >= 15 is 0 Å². The number of anilines is 1. The van der Waals surface area contributed by atoms with E-state index in [0.717, 1.165) is 23.2 Å². The topological polar surface area (TPSA) is 58.2 Å². The summed E-state index contributed by atoms with van der Waals surface area (Å²) in [5.74, 6) is -0.521. The molecule has 32 heavy (non-hydrogen) atoms. The third-order valence-electron chi connectivity index (χ3n) is 7.30. The van der Waals surface area contributed by atoms with Crippen molar-refractivity contribution in [1.82, 2.24) is 5.32 Å². The van der Waals surface area contributed by atoms with Gasteiger partial charge in [-0.15, -0.1) is 0 Å². The Morgan fingerprint density at radius 2 is 1.88 bits per heavy atom. The van der Waals surface area contributed by atoms with Crippen molar-refractivity contribution in [1.29, 1.82) is 0 Å². The van der Waals surface area contributed by atoms with Crippen molar-refractivity contribution in [2.75, 3.05) is 11.9 Å². The summed E-state index contributed by atoms with van der Waals surface area (Å²) >= 11 is 12.6. The molecule has 0 bridgehead atoms. The first-order valence-electron chi connectivity index (χ1n) is 10.9. The third-order valence-corrected chi connectivity index (χ3v) is 7.77. The monoisotopic (exact) mass is 466 g/mol. The molecule has 1 fully saturated rings. The van der Waals surface area contributed by atoms with Gasteiger partial charge in [-0.3, -0.25) is 9.59 Å². The molecule has 1 spiro atoms. The normalized spacial score (nSPS) is 29.2. The van der Waals surface area contributed by atoms with Crippen LogP contribution in [0.3, 0.4) is 0 Å². The van der Waals surface area contributed by atoms with Crippen LogP contribution in [0.5, 0.6) is 0 Å². The molecular weight excluding hydrogens is 443 g/mol. The van der Waals surface area contributed by atoms with Crippen LogP contribution in [0, 0.1) is 11.8 Å². The lowest BCUT2D eigenvalue weighted by Crippen LogP contribution is -2.51. The van der Waals surface area contributed by atoms with E-state index in [-0.39, 0.29) is 36.0 Å². The van der Waals surface area contributed by atoms with Crippen LogP contribution in [0.15, 0.2) is 66.3 Å². The zero-order valence-corrected chi connectivity index (χ0v) is 19.2. The van der Waals surface area contributed by atoms with E-state index < -0.39 is 5.41 Å². The van der Waals surface area contributed by atoms with Crippen LogP contribution in [0.25, 0.3) is 0 Å². The second kappa shape index (κ2) is 8.09. The van der Waals surface area contributed by atoms with Crippen LogP contribution in [0.1, 0.15) is 36.8 Å². The minimum atomic E-state index is -0.936. The van der Waals surface area contributed by atoms with Gasteiger partial charge in [-0.2, -0.15) is 0 Å². The summed E-state index contributed by atoms with van der Waals surface area (Å²) in [5, 5.41) is 7.37. The number of hydrogen-bond acceptors (Lipinski definition) is 2. The van der Waals surface area contributed by atoms with Gasteiger partial charge in [0, 0.05) is 40.5 Å². The minimum Gasteiger partial charge on any atom is -0.356 e. The summed E-state index contributed by atoms with van der Waals surface area (Å²) in [6.07, 6.45) is 7.34. The summed E-state index contributed by atoms with van der Waals surface area (Å²) in [6, 6.07) is 13.1. The number of carbonyl (C=O) groups excluding carboxylic acids is 2. The molecule has 1 unspecified atom stereocenters. The van der Waals surface area contributed by atoms with Gasteiger partial charge < -0.3 is 10.6 Å². The number of hydrogen-bond donors (Lipinski definition) is 2. The Morgan fingerprint density at radius 3 is 2.66 bits per heavy atom. The summed E-state index contributed by atoms with van der Waals surface area (Å²) in [6.45, 7) is 2.54. The first kappa shape index (κ1) is 21.3. The summed E-state index contributed by atoms with van der Waals surface area (Å²) in [4.78, 5) is 27.0. The number of allylic oxidation sites excluding steroid dienone is 4. The Labute approximate surface area is 197 Å². The number of carbonyl (C=O) groups is 2. The highest BCUT2D eigenvalue weighted by molar-refractivity contribution is 6.31. The van der Waals surface area contributed by atoms with E-state index in [9.17, 15) is 9.59 Å². The van der Waals surface area contributed by atoms with Gasteiger partial charge in [-0.05, 0) is 54.7 Å². The fourth-order valence-corrected chi connectivity index (χ4v) is 6.28. The first-order valence-corrected chi connectivity index (χ1v) is 11.6. The SMILES string of the molecule is CC1=CC=CCC1[C@H]1CNC(=O)C[C@@H](c2cccc(Cl)c2)[C@]12C(=O)Nc1cc(Cl)ccc12. The zero-order chi connectivity index (χ0) is 22.5. The van der Waals surface area contributed by atoms with Crippen molar-refractivity contribution in [3.05, 3.63) is 87.4 Å². The smallest absolute Gasteiger partial charge is 0.236 e. The van der Waals surface area contributed by atoms with Crippen molar-refractivity contribution in [2.45, 2.75) is 31.1 Å². The highest BCUT2D eigenvalue weighted by Gasteiger charge is 2.60. The van der Waals surface area contributed by atoms with Gasteiger partial charge in [-0.1, -0.05) is 65.2 Å². The molecule has 0 aromatic heterocycles. The van der Waals surface area contributed by atoms with Crippen molar-refractivity contribution < 1.29 is 9.59 Å². The lowest BCUT2D eigenvalue weighted by molar-refractivity contribution is -0.124. The molecule has 2 aliphatic heterocycles. The lowest BCUT2D eigenvalue weighted by Gasteiger charge is -2.44. The molecule has 2 aromatic rings. The largest absolute Gasteiger partial charge is 0.356 e. The van der Waals surface area contributed by atoms with E-state index in [4.69, 9.17) is 23.2 Å². The fourth-order valence-electron chi connectivity index (χ4n) is 5.90. The Hall–Kier alpha value is -2.56. The first-order chi connectivity index (χ1) is 15.4. The quantitative estimate of drug-likeness (QED) is 0.602. The zero-order valence-electron chi connectivity index (χ0n) is 17.7. The molecule has 2 aromatic carbocycles. The van der Waals surface area contributed by atoms with Gasteiger partial charge in [0.25, 0.3) is 0 Å². The average molecular weight is 467 g/mol. The highest BCUT2D eigenvalue weighted by Crippen LogP contribution is 2.57. The number of nitrogens with one attached hydrogen (secondary N) is 2. The van der Waals surface area contributed by atoms with Gasteiger partial charge in [0.1, 0.15) is 0 Å². The fraction of sp³-hybridized carbons (Fsp3) is 0.308. The molecule has 3 aliphatic rings. The van der Waals surface area contributed by atoms with E-state index in [1.165, 1.54) is 5.57 Å². The third kappa shape index (κ3) is 3.28. The average Bonchev–Trinajstić information content (AvgIpc) is 2.94. The Bertz CT molecular complexity index is 1170. The molecule has 5 rings (SSSR count). The molecular formula is C26H24Cl2N2O2. The van der Waals surface area contributed by atoms with Crippen LogP contribution in [0.2, 0.25) is 10.0 Å². The molecule has 0 radical (unpaired) electrons. The minimum absolute atomic E-state index is 0.0555. The van der Waals surface area contributed by atoms with Crippen LogP contribution in [-0.2, 0) is 15.0 Å². The van der Waals surface area contributed by atoms with E-state index in [1.807, 2.05) is 36.4 Å². The maximum atomic E-state index is 14.0. The molecule has 2 heterocycles. The van der Waals surface area contributed by atoms with E-state index in [1.54, 1.807) is 6.07 Å².